The Hall–Kier alpha value is -3.49. The minimum absolute atomic E-state index is 0.0830. The molecule has 0 aliphatic carbocycles. The highest BCUT2D eigenvalue weighted by Crippen LogP contribution is 2.12. The maximum atomic E-state index is 11.6. The third kappa shape index (κ3) is 5.72. The third-order valence-corrected chi connectivity index (χ3v) is 2.80. The fourth-order valence-corrected chi connectivity index (χ4v) is 1.69. The number of carbonyl (C=O) groups excluding carboxylic acids is 1. The lowest BCUT2D eigenvalue weighted by Crippen LogP contribution is -2.24. The van der Waals surface area contributed by atoms with E-state index in [1.54, 1.807) is 48.8 Å². The second-order valence-electron chi connectivity index (χ2n) is 4.61. The average Bonchev–Trinajstić information content (AvgIpc) is 2.62. The predicted octanol–water partition coefficient (Wildman–Crippen LogP) is 1.46. The van der Waals surface area contributed by atoms with Crippen molar-refractivity contribution in [3.05, 3.63) is 65.1 Å². The number of benzene rings is 1. The molecule has 2 N–H and O–H groups in total. The molecule has 0 spiro atoms. The number of hydroxylamine groups is 1. The number of rotatable bonds is 7. The molecule has 0 aliphatic rings. The van der Waals surface area contributed by atoms with Gasteiger partial charge in [-0.15, -0.1) is 0 Å². The topological polar surface area (TPSA) is 122 Å². The summed E-state index contributed by atoms with van der Waals surface area (Å²) in [4.78, 5) is 15.7. The van der Waals surface area contributed by atoms with Crippen molar-refractivity contribution in [2.45, 2.75) is 6.54 Å². The molecule has 0 bridgehead atoms. The number of hydrazone groups is 1. The maximum absolute atomic E-state index is 11.6. The van der Waals surface area contributed by atoms with Crippen LogP contribution in [0.2, 0.25) is 0 Å². The normalized spacial score (nSPS) is 11.4. The van der Waals surface area contributed by atoms with E-state index in [0.29, 0.717) is 11.3 Å². The molecule has 9 heteroatoms. The van der Waals surface area contributed by atoms with Crippen molar-refractivity contribution in [2.24, 2.45) is 10.4 Å². The van der Waals surface area contributed by atoms with Gasteiger partial charge in [-0.1, -0.05) is 10.9 Å². The first-order valence-electron chi connectivity index (χ1n) is 6.91. The van der Waals surface area contributed by atoms with E-state index in [0.717, 1.165) is 5.56 Å². The fraction of sp³-hybridized carbons (Fsp3) is 0.133. The molecule has 2 rings (SSSR count). The summed E-state index contributed by atoms with van der Waals surface area (Å²) in [6, 6.07) is 10.0. The number of aromatic nitrogens is 1. The molecule has 9 nitrogen and oxygen atoms in total. The number of nitrogens with zero attached hydrogens (tertiary/aromatic N) is 4. The first-order chi connectivity index (χ1) is 11.7. The van der Waals surface area contributed by atoms with E-state index >= 15 is 0 Å². The van der Waals surface area contributed by atoms with Crippen LogP contribution >= 0.6 is 0 Å². The van der Waals surface area contributed by atoms with E-state index < -0.39 is 5.91 Å². The zero-order chi connectivity index (χ0) is 17.2. The van der Waals surface area contributed by atoms with Crippen molar-refractivity contribution in [3.63, 3.8) is 0 Å². The van der Waals surface area contributed by atoms with Gasteiger partial charge in [-0.2, -0.15) is 5.10 Å². The molecule has 2 aromatic rings. The standard InChI is InChI=1S/C15H15N5O4/c21-15(18-17-9-13-2-1-7-16-8-13)11-24-14-5-3-12(4-6-14)10-20(23)19-22/h1-9,22H,10-11H2,(H,18,21)/b17-9+,20-19-. The smallest absolute Gasteiger partial charge is 0.277 e. The van der Waals surface area contributed by atoms with Crippen molar-refractivity contribution in [1.82, 2.24) is 10.4 Å². The molecule has 0 saturated carbocycles. The summed E-state index contributed by atoms with van der Waals surface area (Å²) < 4.78 is 5.29. The van der Waals surface area contributed by atoms with Gasteiger partial charge in [-0.3, -0.25) is 9.78 Å². The molecule has 1 aromatic carbocycles. The Balaban J connectivity index is 1.76. The largest absolute Gasteiger partial charge is 0.597 e. The van der Waals surface area contributed by atoms with E-state index in [1.165, 1.54) is 6.21 Å². The van der Waals surface area contributed by atoms with E-state index in [-0.39, 0.29) is 18.0 Å². The molecule has 0 saturated heterocycles. The molecule has 124 valence electrons. The van der Waals surface area contributed by atoms with Gasteiger partial charge in [0.1, 0.15) is 5.75 Å². The van der Waals surface area contributed by atoms with Gasteiger partial charge in [0, 0.05) is 23.5 Å². The van der Waals surface area contributed by atoms with E-state index in [1.807, 2.05) is 0 Å². The SMILES string of the molecule is O=C(COc1ccc(C/[N+]([O-])=N/O)cc1)N/N=C/c1cccnc1. The zero-order valence-corrected chi connectivity index (χ0v) is 12.6. The van der Waals surface area contributed by atoms with Gasteiger partial charge in [0.15, 0.2) is 11.9 Å². The van der Waals surface area contributed by atoms with Gasteiger partial charge in [-0.25, -0.2) is 5.43 Å². The zero-order valence-electron chi connectivity index (χ0n) is 12.6. The number of amides is 1. The summed E-state index contributed by atoms with van der Waals surface area (Å²) in [6.07, 6.45) is 4.73. The molecule has 1 amide bonds. The van der Waals surface area contributed by atoms with Crippen molar-refractivity contribution in [1.29, 1.82) is 0 Å². The average molecular weight is 329 g/mol. The van der Waals surface area contributed by atoms with Gasteiger partial charge in [0.2, 0.25) is 6.54 Å². The maximum Gasteiger partial charge on any atom is 0.277 e. The van der Waals surface area contributed by atoms with Crippen LogP contribution in [0.5, 0.6) is 5.75 Å². The van der Waals surface area contributed by atoms with E-state index in [4.69, 9.17) is 9.94 Å². The molecular formula is C15H15N5O4. The van der Waals surface area contributed by atoms with Crippen LogP contribution in [-0.2, 0) is 11.3 Å². The van der Waals surface area contributed by atoms with Crippen molar-refractivity contribution >= 4 is 12.1 Å². The highest BCUT2D eigenvalue weighted by atomic mass is 16.6. The first kappa shape index (κ1) is 16.9. The van der Waals surface area contributed by atoms with Gasteiger partial charge < -0.3 is 15.2 Å². The molecule has 0 radical (unpaired) electrons. The molecule has 0 atom stereocenters. The summed E-state index contributed by atoms with van der Waals surface area (Å²) in [5.74, 6) is 0.0487. The Morgan fingerprint density at radius 1 is 1.38 bits per heavy atom. The second kappa shape index (κ2) is 8.83. The van der Waals surface area contributed by atoms with E-state index in [2.05, 4.69) is 20.8 Å². The fourth-order valence-electron chi connectivity index (χ4n) is 1.69. The van der Waals surface area contributed by atoms with Crippen LogP contribution in [0.1, 0.15) is 11.1 Å². The van der Waals surface area contributed by atoms with Crippen LogP contribution in [0.15, 0.2) is 59.2 Å². The van der Waals surface area contributed by atoms with Crippen LogP contribution in [0.25, 0.3) is 0 Å². The molecular weight excluding hydrogens is 314 g/mol. The number of hydrogen-bond acceptors (Lipinski definition) is 6. The van der Waals surface area contributed by atoms with Crippen molar-refractivity contribution in [3.8, 4) is 5.75 Å². The Bertz CT molecular complexity index is 716. The molecule has 1 aromatic heterocycles. The molecule has 0 fully saturated rings. The summed E-state index contributed by atoms with van der Waals surface area (Å²) in [6.45, 7) is -0.288. The number of carbonyl (C=O) groups is 1. The Morgan fingerprint density at radius 2 is 2.17 bits per heavy atom. The predicted molar refractivity (Wildman–Crippen MR) is 83.5 cm³/mol. The highest BCUT2D eigenvalue weighted by Gasteiger charge is 2.04. The van der Waals surface area contributed by atoms with Gasteiger partial charge >= 0.3 is 0 Å². The minimum atomic E-state index is -0.413. The molecule has 24 heavy (non-hydrogen) atoms. The molecule has 0 aliphatic heterocycles. The van der Waals surface area contributed by atoms with Crippen molar-refractivity contribution in [2.75, 3.05) is 6.61 Å². The summed E-state index contributed by atoms with van der Waals surface area (Å²) in [5, 5.41) is 25.5. The van der Waals surface area contributed by atoms with Gasteiger partial charge in [0.05, 0.1) is 6.21 Å². The Kier molecular flexibility index (Phi) is 6.21. The monoisotopic (exact) mass is 329 g/mol. The van der Waals surface area contributed by atoms with Crippen LogP contribution in [0, 0.1) is 5.21 Å². The lowest BCUT2D eigenvalue weighted by Gasteiger charge is -2.05. The summed E-state index contributed by atoms with van der Waals surface area (Å²) in [7, 11) is 0. The number of hydrogen-bond donors (Lipinski definition) is 2. The Labute approximate surface area is 137 Å². The number of nitrogens with one attached hydrogen (secondary N) is 1. The quantitative estimate of drug-likeness (QED) is 0.344. The molecule has 0 unspecified atom stereocenters. The Morgan fingerprint density at radius 3 is 2.83 bits per heavy atom. The van der Waals surface area contributed by atoms with Crippen LogP contribution in [-0.4, -0.2) is 33.8 Å². The lowest BCUT2D eigenvalue weighted by molar-refractivity contribution is -0.570. The van der Waals surface area contributed by atoms with E-state index in [9.17, 15) is 10.0 Å². The third-order valence-electron chi connectivity index (χ3n) is 2.80. The summed E-state index contributed by atoms with van der Waals surface area (Å²) in [5.41, 5.74) is 3.74. The second-order valence-corrected chi connectivity index (χ2v) is 4.61. The highest BCUT2D eigenvalue weighted by molar-refractivity contribution is 5.82. The minimum Gasteiger partial charge on any atom is -0.597 e. The number of ether oxygens (including phenoxy) is 1. The van der Waals surface area contributed by atoms with Crippen LogP contribution in [0.4, 0.5) is 0 Å². The summed E-state index contributed by atoms with van der Waals surface area (Å²) >= 11 is 0. The van der Waals surface area contributed by atoms with Gasteiger partial charge in [0.25, 0.3) is 5.91 Å². The van der Waals surface area contributed by atoms with Crippen LogP contribution in [0.3, 0.4) is 0 Å². The number of pyridine rings is 1. The van der Waals surface area contributed by atoms with Gasteiger partial charge in [-0.05, 0) is 30.3 Å². The van der Waals surface area contributed by atoms with Crippen molar-refractivity contribution < 1.29 is 19.6 Å². The van der Waals surface area contributed by atoms with Crippen LogP contribution < -0.4 is 10.2 Å². The lowest BCUT2D eigenvalue weighted by atomic mass is 10.2. The first-order valence-corrected chi connectivity index (χ1v) is 6.91. The molecule has 1 heterocycles.